The van der Waals surface area contributed by atoms with E-state index in [0.29, 0.717) is 44.1 Å². The van der Waals surface area contributed by atoms with E-state index in [1.807, 2.05) is 24.3 Å². The Balaban J connectivity index is 1.41. The van der Waals surface area contributed by atoms with E-state index in [2.05, 4.69) is 12.1 Å². The zero-order valence-corrected chi connectivity index (χ0v) is 16.3. The summed E-state index contributed by atoms with van der Waals surface area (Å²) in [4.78, 5) is 26.6. The van der Waals surface area contributed by atoms with Crippen LogP contribution in [0.1, 0.15) is 22.3 Å². The molecule has 6 heteroatoms. The summed E-state index contributed by atoms with van der Waals surface area (Å²) in [6.45, 7) is 1.97. The molecule has 152 valence electrons. The molecule has 2 saturated heterocycles. The lowest BCUT2D eigenvalue weighted by Gasteiger charge is -2.33. The third-order valence-corrected chi connectivity index (χ3v) is 6.00. The summed E-state index contributed by atoms with van der Waals surface area (Å²) in [6.07, 6.45) is 1.23. The summed E-state index contributed by atoms with van der Waals surface area (Å²) in [5.41, 5.74) is 0.820. The maximum absolute atomic E-state index is 13.0. The molecule has 0 unspecified atom stereocenters. The van der Waals surface area contributed by atoms with Gasteiger partial charge in [0.05, 0.1) is 18.6 Å². The number of carbonyl (C=O) groups is 2. The van der Waals surface area contributed by atoms with Gasteiger partial charge in [-0.1, -0.05) is 36.4 Å². The van der Waals surface area contributed by atoms with Gasteiger partial charge in [0.25, 0.3) is 5.91 Å². The fourth-order valence-corrected chi connectivity index (χ4v) is 4.29. The van der Waals surface area contributed by atoms with Gasteiger partial charge in [0.1, 0.15) is 5.75 Å². The Morgan fingerprint density at radius 3 is 2.76 bits per heavy atom. The molecule has 0 radical (unpaired) electrons. The number of carboxylic acid groups (broad SMARTS) is 1. The molecule has 0 spiro atoms. The maximum Gasteiger partial charge on any atom is 0.311 e. The second kappa shape index (κ2) is 8.25. The number of rotatable bonds is 6. The summed E-state index contributed by atoms with van der Waals surface area (Å²) < 4.78 is 11.3. The van der Waals surface area contributed by atoms with Gasteiger partial charge < -0.3 is 19.5 Å². The van der Waals surface area contributed by atoms with E-state index in [1.54, 1.807) is 23.1 Å². The van der Waals surface area contributed by atoms with Crippen molar-refractivity contribution in [2.75, 3.05) is 32.9 Å². The van der Waals surface area contributed by atoms with Crippen LogP contribution in [0.15, 0.2) is 54.6 Å². The van der Waals surface area contributed by atoms with Crippen molar-refractivity contribution in [3.05, 3.63) is 65.7 Å². The number of nitrogens with zero attached hydrogens (tertiary/aromatic N) is 1. The second-order valence-electron chi connectivity index (χ2n) is 7.78. The Morgan fingerprint density at radius 1 is 1.17 bits per heavy atom. The van der Waals surface area contributed by atoms with Crippen molar-refractivity contribution in [1.82, 2.24) is 4.90 Å². The number of likely N-dealkylation sites (tertiary alicyclic amines) is 1. The molecular formula is C23H25NO5. The van der Waals surface area contributed by atoms with Crippen LogP contribution in [-0.4, -0.2) is 54.8 Å². The molecule has 2 aromatic rings. The Morgan fingerprint density at radius 2 is 2.00 bits per heavy atom. The van der Waals surface area contributed by atoms with E-state index < -0.39 is 11.4 Å². The van der Waals surface area contributed by atoms with Crippen LogP contribution < -0.4 is 4.74 Å². The number of fused-ring (bicyclic) bond motifs is 1. The van der Waals surface area contributed by atoms with Crippen LogP contribution in [-0.2, 0) is 16.0 Å². The van der Waals surface area contributed by atoms with Gasteiger partial charge in [-0.3, -0.25) is 9.59 Å². The molecule has 2 aliphatic rings. The van der Waals surface area contributed by atoms with Crippen molar-refractivity contribution in [3.8, 4) is 5.75 Å². The van der Waals surface area contributed by atoms with Crippen LogP contribution in [0, 0.1) is 11.3 Å². The molecule has 0 aromatic heterocycles. The molecule has 0 saturated carbocycles. The Bertz CT molecular complexity index is 884. The molecule has 1 N–H and O–H groups in total. The summed E-state index contributed by atoms with van der Waals surface area (Å²) in [6, 6.07) is 17.2. The number of benzene rings is 2. The molecular weight excluding hydrogens is 370 g/mol. The molecule has 0 aliphatic carbocycles. The average molecular weight is 395 g/mol. The lowest BCUT2D eigenvalue weighted by atomic mass is 9.74. The summed E-state index contributed by atoms with van der Waals surface area (Å²) in [7, 11) is 0. The molecule has 2 aromatic carbocycles. The SMILES string of the molecule is O=C(c1cccc(OCCc2ccccc2)c1)N1C[C@@H]2COCC[C@]2(C(=O)O)C1. The largest absolute Gasteiger partial charge is 0.493 e. The van der Waals surface area contributed by atoms with Crippen LogP contribution in [0.2, 0.25) is 0 Å². The highest BCUT2D eigenvalue weighted by molar-refractivity contribution is 5.95. The quantitative estimate of drug-likeness (QED) is 0.814. The molecule has 2 heterocycles. The molecule has 2 aliphatic heterocycles. The van der Waals surface area contributed by atoms with E-state index >= 15 is 0 Å². The van der Waals surface area contributed by atoms with Gasteiger partial charge >= 0.3 is 5.97 Å². The van der Waals surface area contributed by atoms with Crippen LogP contribution in [0.5, 0.6) is 5.75 Å². The number of carbonyl (C=O) groups excluding carboxylic acids is 1. The van der Waals surface area contributed by atoms with Crippen LogP contribution in [0.3, 0.4) is 0 Å². The monoisotopic (exact) mass is 395 g/mol. The fraction of sp³-hybridized carbons (Fsp3) is 0.391. The Hall–Kier alpha value is -2.86. The van der Waals surface area contributed by atoms with Crippen molar-refractivity contribution >= 4 is 11.9 Å². The topological polar surface area (TPSA) is 76.1 Å². The van der Waals surface area contributed by atoms with Gasteiger partial charge in [0.15, 0.2) is 0 Å². The van der Waals surface area contributed by atoms with E-state index in [-0.39, 0.29) is 18.4 Å². The van der Waals surface area contributed by atoms with Gasteiger partial charge in [0.2, 0.25) is 0 Å². The van der Waals surface area contributed by atoms with E-state index in [9.17, 15) is 14.7 Å². The first-order valence-corrected chi connectivity index (χ1v) is 9.96. The third-order valence-electron chi connectivity index (χ3n) is 6.00. The van der Waals surface area contributed by atoms with E-state index in [0.717, 1.165) is 6.42 Å². The minimum atomic E-state index is -0.891. The summed E-state index contributed by atoms with van der Waals surface area (Å²) in [5.74, 6) is -0.518. The maximum atomic E-state index is 13.0. The molecule has 0 bridgehead atoms. The number of ether oxygens (including phenoxy) is 2. The van der Waals surface area contributed by atoms with Crippen LogP contribution >= 0.6 is 0 Å². The lowest BCUT2D eigenvalue weighted by molar-refractivity contribution is -0.157. The number of aliphatic carboxylic acids is 1. The number of amides is 1. The Kier molecular flexibility index (Phi) is 5.53. The summed E-state index contributed by atoms with van der Waals surface area (Å²) in [5, 5.41) is 9.79. The van der Waals surface area contributed by atoms with Crippen molar-refractivity contribution in [2.45, 2.75) is 12.8 Å². The predicted molar refractivity (Wildman–Crippen MR) is 107 cm³/mol. The lowest BCUT2D eigenvalue weighted by Crippen LogP contribution is -2.45. The average Bonchev–Trinajstić information content (AvgIpc) is 3.15. The molecule has 1 amide bonds. The molecule has 29 heavy (non-hydrogen) atoms. The number of carboxylic acids is 1. The minimum Gasteiger partial charge on any atom is -0.493 e. The highest BCUT2D eigenvalue weighted by Gasteiger charge is 2.54. The standard InChI is InChI=1S/C23H25NO5/c25-21(24-14-19-15-28-12-10-23(19,16-24)22(26)27)18-7-4-8-20(13-18)29-11-9-17-5-2-1-3-6-17/h1-8,13,19H,9-12,14-16H2,(H,26,27)/t19-,23+/m1/s1. The normalized spacial score (nSPS) is 23.4. The smallest absolute Gasteiger partial charge is 0.311 e. The third kappa shape index (κ3) is 3.98. The van der Waals surface area contributed by atoms with Gasteiger partial charge in [-0.05, 0) is 30.2 Å². The second-order valence-corrected chi connectivity index (χ2v) is 7.78. The molecule has 2 atom stereocenters. The van der Waals surface area contributed by atoms with Crippen molar-refractivity contribution < 1.29 is 24.2 Å². The fourth-order valence-electron chi connectivity index (χ4n) is 4.29. The molecule has 4 rings (SSSR count). The molecule has 6 nitrogen and oxygen atoms in total. The van der Waals surface area contributed by atoms with Crippen molar-refractivity contribution in [1.29, 1.82) is 0 Å². The highest BCUT2D eigenvalue weighted by Crippen LogP contribution is 2.42. The van der Waals surface area contributed by atoms with E-state index in [4.69, 9.17) is 9.47 Å². The predicted octanol–water partition coefficient (Wildman–Crippen LogP) is 2.87. The minimum absolute atomic E-state index is 0.159. The van der Waals surface area contributed by atoms with Gasteiger partial charge in [-0.15, -0.1) is 0 Å². The zero-order chi connectivity index (χ0) is 20.3. The van der Waals surface area contributed by atoms with E-state index in [1.165, 1.54) is 5.56 Å². The van der Waals surface area contributed by atoms with Gasteiger partial charge in [0, 0.05) is 37.6 Å². The van der Waals surface area contributed by atoms with Crippen molar-refractivity contribution in [2.24, 2.45) is 11.3 Å². The van der Waals surface area contributed by atoms with Gasteiger partial charge in [-0.2, -0.15) is 0 Å². The summed E-state index contributed by atoms with van der Waals surface area (Å²) >= 11 is 0. The van der Waals surface area contributed by atoms with Crippen LogP contribution in [0.25, 0.3) is 0 Å². The Labute approximate surface area is 170 Å². The number of hydrogen-bond acceptors (Lipinski definition) is 4. The van der Waals surface area contributed by atoms with Crippen LogP contribution in [0.4, 0.5) is 0 Å². The first kappa shape index (κ1) is 19.5. The van der Waals surface area contributed by atoms with Crippen molar-refractivity contribution in [3.63, 3.8) is 0 Å². The molecule has 2 fully saturated rings. The number of hydrogen-bond donors (Lipinski definition) is 1. The van der Waals surface area contributed by atoms with Gasteiger partial charge in [-0.25, -0.2) is 0 Å². The first-order valence-electron chi connectivity index (χ1n) is 9.96. The zero-order valence-electron chi connectivity index (χ0n) is 16.3. The first-order chi connectivity index (χ1) is 14.1. The highest BCUT2D eigenvalue weighted by atomic mass is 16.5.